The maximum atomic E-state index is 9.85. The average molecular weight is 398 g/mol. The lowest BCUT2D eigenvalue weighted by Gasteiger charge is -2.27. The third-order valence-corrected chi connectivity index (χ3v) is 5.18. The first kappa shape index (κ1) is 18.0. The molecule has 5 rings (SSSR count). The number of para-hydroxylation sites is 1. The summed E-state index contributed by atoms with van der Waals surface area (Å²) in [5.74, 6) is 2.06. The molecule has 6 nitrogen and oxygen atoms in total. The summed E-state index contributed by atoms with van der Waals surface area (Å²) in [5, 5.41) is 9.85. The summed E-state index contributed by atoms with van der Waals surface area (Å²) >= 11 is 0. The molecule has 0 radical (unpaired) electrons. The van der Waals surface area contributed by atoms with Gasteiger partial charge >= 0.3 is 0 Å². The monoisotopic (exact) mass is 398 g/mol. The van der Waals surface area contributed by atoms with Gasteiger partial charge in [0.25, 0.3) is 0 Å². The second kappa shape index (κ2) is 7.37. The maximum absolute atomic E-state index is 9.85. The normalized spacial score (nSPS) is 16.4. The molecule has 148 valence electrons. The van der Waals surface area contributed by atoms with Crippen molar-refractivity contribution in [3.05, 3.63) is 94.9 Å². The Morgan fingerprint density at radius 3 is 2.47 bits per heavy atom. The Labute approximate surface area is 173 Å². The Morgan fingerprint density at radius 2 is 1.67 bits per heavy atom. The number of rotatable bonds is 4. The van der Waals surface area contributed by atoms with Crippen LogP contribution < -0.4 is 24.7 Å². The van der Waals surface area contributed by atoms with Crippen LogP contribution in [0.5, 0.6) is 23.0 Å². The van der Waals surface area contributed by atoms with Crippen molar-refractivity contribution in [3.63, 3.8) is 0 Å². The van der Waals surface area contributed by atoms with Gasteiger partial charge in [0.05, 0.1) is 5.92 Å². The zero-order valence-electron chi connectivity index (χ0n) is 16.0. The van der Waals surface area contributed by atoms with Crippen molar-refractivity contribution in [2.75, 3.05) is 6.79 Å². The van der Waals surface area contributed by atoms with E-state index in [0.29, 0.717) is 35.2 Å². The van der Waals surface area contributed by atoms with Gasteiger partial charge in [-0.1, -0.05) is 48.5 Å². The van der Waals surface area contributed by atoms with Crippen molar-refractivity contribution in [2.45, 2.75) is 12.5 Å². The minimum absolute atomic E-state index is 0.0757. The second-order valence-corrected chi connectivity index (χ2v) is 6.98. The summed E-state index contributed by atoms with van der Waals surface area (Å²) in [5.41, 5.74) is 9.11. The van der Waals surface area contributed by atoms with Gasteiger partial charge in [0.1, 0.15) is 29.7 Å². The van der Waals surface area contributed by atoms with Gasteiger partial charge in [-0.2, -0.15) is 5.26 Å². The summed E-state index contributed by atoms with van der Waals surface area (Å²) in [7, 11) is 0. The molecule has 0 aromatic heterocycles. The van der Waals surface area contributed by atoms with Crippen LogP contribution in [0.3, 0.4) is 0 Å². The van der Waals surface area contributed by atoms with Gasteiger partial charge in [0, 0.05) is 17.2 Å². The van der Waals surface area contributed by atoms with Gasteiger partial charge in [-0.15, -0.1) is 0 Å². The Kier molecular flexibility index (Phi) is 4.41. The molecule has 0 aliphatic carbocycles. The average Bonchev–Trinajstić information content (AvgIpc) is 3.24. The molecule has 0 unspecified atom stereocenters. The van der Waals surface area contributed by atoms with Crippen molar-refractivity contribution >= 4 is 0 Å². The molecule has 0 saturated heterocycles. The summed E-state index contributed by atoms with van der Waals surface area (Å²) in [6.45, 7) is 0.559. The molecule has 2 heterocycles. The summed E-state index contributed by atoms with van der Waals surface area (Å²) < 4.78 is 22.9. The number of nitriles is 1. The van der Waals surface area contributed by atoms with Crippen molar-refractivity contribution < 1.29 is 18.9 Å². The molecule has 0 bridgehead atoms. The molecule has 2 aliphatic heterocycles. The molecule has 2 N–H and O–H groups in total. The van der Waals surface area contributed by atoms with Crippen LogP contribution in [-0.4, -0.2) is 6.79 Å². The number of hydrogen-bond acceptors (Lipinski definition) is 6. The molecule has 1 atom stereocenters. The van der Waals surface area contributed by atoms with Crippen LogP contribution >= 0.6 is 0 Å². The van der Waals surface area contributed by atoms with E-state index in [1.807, 2.05) is 60.7 Å². The van der Waals surface area contributed by atoms with Crippen LogP contribution in [0.15, 0.2) is 78.2 Å². The number of nitrogens with two attached hydrogens (primary N) is 1. The van der Waals surface area contributed by atoms with Gasteiger partial charge < -0.3 is 24.7 Å². The van der Waals surface area contributed by atoms with Crippen molar-refractivity contribution in [1.82, 2.24) is 0 Å². The van der Waals surface area contributed by atoms with E-state index in [1.54, 1.807) is 6.07 Å². The van der Waals surface area contributed by atoms with Crippen LogP contribution in [0.25, 0.3) is 0 Å². The number of fused-ring (bicyclic) bond motifs is 2. The molecule has 0 amide bonds. The lowest BCUT2D eigenvalue weighted by molar-refractivity contribution is 0.174. The molecular formula is C24H18N2O4. The molecule has 3 aromatic rings. The minimum Gasteiger partial charge on any atom is -0.489 e. The lowest BCUT2D eigenvalue weighted by atomic mass is 9.83. The Hall–Kier alpha value is -4.11. The van der Waals surface area contributed by atoms with Crippen LogP contribution in [0.4, 0.5) is 0 Å². The highest BCUT2D eigenvalue weighted by atomic mass is 16.7. The predicted molar refractivity (Wildman–Crippen MR) is 109 cm³/mol. The molecule has 3 aromatic carbocycles. The first-order chi connectivity index (χ1) is 14.7. The fourth-order valence-corrected chi connectivity index (χ4v) is 3.75. The zero-order chi connectivity index (χ0) is 20.5. The highest BCUT2D eigenvalue weighted by molar-refractivity contribution is 5.63. The maximum Gasteiger partial charge on any atom is 0.231 e. The fourth-order valence-electron chi connectivity index (χ4n) is 3.75. The summed E-state index contributed by atoms with van der Waals surface area (Å²) in [6, 6.07) is 23.4. The van der Waals surface area contributed by atoms with Crippen molar-refractivity contribution in [2.24, 2.45) is 5.73 Å². The van der Waals surface area contributed by atoms with E-state index in [-0.39, 0.29) is 12.7 Å². The largest absolute Gasteiger partial charge is 0.489 e. The first-order valence-electron chi connectivity index (χ1n) is 9.51. The molecule has 0 fully saturated rings. The molecule has 2 aliphatic rings. The quantitative estimate of drug-likeness (QED) is 0.708. The number of benzene rings is 3. The number of allylic oxidation sites excluding steroid dienone is 1. The van der Waals surface area contributed by atoms with E-state index < -0.39 is 5.92 Å². The van der Waals surface area contributed by atoms with E-state index in [2.05, 4.69) is 6.07 Å². The Morgan fingerprint density at radius 1 is 0.933 bits per heavy atom. The van der Waals surface area contributed by atoms with Crippen LogP contribution in [0, 0.1) is 11.3 Å². The third kappa shape index (κ3) is 3.07. The summed E-state index contributed by atoms with van der Waals surface area (Å²) in [4.78, 5) is 0. The third-order valence-electron chi connectivity index (χ3n) is 5.18. The molecule has 0 saturated carbocycles. The fraction of sp³-hybridized carbons (Fsp3) is 0.125. The van der Waals surface area contributed by atoms with Gasteiger partial charge in [0.2, 0.25) is 12.7 Å². The molecule has 6 heteroatoms. The molecule has 0 spiro atoms. The van der Waals surface area contributed by atoms with Gasteiger partial charge in [-0.25, -0.2) is 0 Å². The topological polar surface area (TPSA) is 86.7 Å². The minimum atomic E-state index is -0.444. The second-order valence-electron chi connectivity index (χ2n) is 6.98. The molecule has 30 heavy (non-hydrogen) atoms. The SMILES string of the molecule is N#CC1=C(N)Oc2cc3c(cc2[C@@H]1c1ccccc1OCc1ccccc1)OCO3. The van der Waals surface area contributed by atoms with E-state index in [4.69, 9.17) is 24.7 Å². The van der Waals surface area contributed by atoms with Crippen molar-refractivity contribution in [1.29, 1.82) is 5.26 Å². The molecular weight excluding hydrogens is 380 g/mol. The van der Waals surface area contributed by atoms with Crippen LogP contribution in [0.2, 0.25) is 0 Å². The Balaban J connectivity index is 1.59. The first-order valence-corrected chi connectivity index (χ1v) is 9.51. The number of nitrogens with zero attached hydrogens (tertiary/aromatic N) is 1. The number of ether oxygens (including phenoxy) is 4. The smallest absolute Gasteiger partial charge is 0.231 e. The van der Waals surface area contributed by atoms with Gasteiger partial charge in [-0.05, 0) is 17.7 Å². The van der Waals surface area contributed by atoms with E-state index in [9.17, 15) is 5.26 Å². The lowest BCUT2D eigenvalue weighted by Crippen LogP contribution is -2.21. The van der Waals surface area contributed by atoms with Gasteiger partial charge in [0.15, 0.2) is 11.5 Å². The van der Waals surface area contributed by atoms with E-state index in [0.717, 1.165) is 16.7 Å². The van der Waals surface area contributed by atoms with Crippen molar-refractivity contribution in [3.8, 4) is 29.1 Å². The van der Waals surface area contributed by atoms with E-state index >= 15 is 0 Å². The summed E-state index contributed by atoms with van der Waals surface area (Å²) in [6.07, 6.45) is 0. The Bertz CT molecular complexity index is 1180. The zero-order valence-corrected chi connectivity index (χ0v) is 16.0. The predicted octanol–water partition coefficient (Wildman–Crippen LogP) is 4.21. The van der Waals surface area contributed by atoms with Crippen LogP contribution in [-0.2, 0) is 6.61 Å². The van der Waals surface area contributed by atoms with Gasteiger partial charge in [-0.3, -0.25) is 0 Å². The van der Waals surface area contributed by atoms with Crippen LogP contribution in [0.1, 0.15) is 22.6 Å². The highest BCUT2D eigenvalue weighted by Crippen LogP contribution is 2.49. The highest BCUT2D eigenvalue weighted by Gasteiger charge is 2.34. The van der Waals surface area contributed by atoms with E-state index in [1.165, 1.54) is 0 Å². The standard InChI is InChI=1S/C24H18N2O4/c25-12-18-23(17-10-21-22(29-14-28-21)11-20(17)30-24(18)26)16-8-4-5-9-19(16)27-13-15-6-2-1-3-7-15/h1-11,23H,13-14,26H2/t23-/m0/s1. The number of hydrogen-bond donors (Lipinski definition) is 1.